The summed E-state index contributed by atoms with van der Waals surface area (Å²) in [5, 5.41) is 0. The maximum atomic E-state index is 6.36. The average molecular weight is 327 g/mol. The number of nitrogens with zero attached hydrogens (tertiary/aromatic N) is 1. The van der Waals surface area contributed by atoms with E-state index in [0.717, 1.165) is 30.5 Å². The quantitative estimate of drug-likeness (QED) is 0.904. The first-order chi connectivity index (χ1) is 9.13. The molecule has 1 saturated heterocycles. The van der Waals surface area contributed by atoms with Gasteiger partial charge in [-0.05, 0) is 37.6 Å². The van der Waals surface area contributed by atoms with Crippen LogP contribution >= 0.6 is 15.9 Å². The molecule has 3 unspecified atom stereocenters. The third kappa shape index (κ3) is 3.57. The fourth-order valence-corrected chi connectivity index (χ4v) is 3.00. The normalized spacial score (nSPS) is 22.7. The molecule has 3 atom stereocenters. The first-order valence-corrected chi connectivity index (χ1v) is 7.73. The predicted molar refractivity (Wildman–Crippen MR) is 82.1 cm³/mol. The van der Waals surface area contributed by atoms with E-state index < -0.39 is 0 Å². The van der Waals surface area contributed by atoms with E-state index in [1.54, 1.807) is 0 Å². The molecule has 0 radical (unpaired) electrons. The summed E-state index contributed by atoms with van der Waals surface area (Å²) in [7, 11) is 2.17. The molecule has 19 heavy (non-hydrogen) atoms. The second-order valence-corrected chi connectivity index (χ2v) is 6.17. The zero-order chi connectivity index (χ0) is 13.8. The highest BCUT2D eigenvalue weighted by Gasteiger charge is 2.30. The number of nitrogens with two attached hydrogens (primary N) is 1. The van der Waals surface area contributed by atoms with Crippen molar-refractivity contribution in [3.63, 3.8) is 0 Å². The summed E-state index contributed by atoms with van der Waals surface area (Å²) in [6, 6.07) is 9.38. The van der Waals surface area contributed by atoms with Crippen molar-refractivity contribution in [1.82, 2.24) is 4.90 Å². The molecule has 1 heterocycles. The van der Waals surface area contributed by atoms with E-state index >= 15 is 0 Å². The minimum atomic E-state index is 0.145. The summed E-state index contributed by atoms with van der Waals surface area (Å²) in [4.78, 5) is 2.39. The van der Waals surface area contributed by atoms with Crippen molar-refractivity contribution in [3.8, 4) is 0 Å². The van der Waals surface area contributed by atoms with Gasteiger partial charge in [-0.3, -0.25) is 4.90 Å². The molecule has 0 bridgehead atoms. The Kier molecular flexibility index (Phi) is 5.39. The molecule has 1 aliphatic rings. The van der Waals surface area contributed by atoms with Crippen LogP contribution in [0.1, 0.15) is 31.4 Å². The molecule has 1 fully saturated rings. The van der Waals surface area contributed by atoms with E-state index in [-0.39, 0.29) is 12.1 Å². The Bertz CT molecular complexity index is 390. The zero-order valence-corrected chi connectivity index (χ0v) is 13.3. The van der Waals surface area contributed by atoms with Crippen LogP contribution in [0.25, 0.3) is 0 Å². The smallest absolute Gasteiger partial charge is 0.0622 e. The number of benzene rings is 1. The molecule has 1 aromatic rings. The SMILES string of the molecule is CCC(N)C(c1ccc(Br)cc1)N(C)C1CCOC1. The molecule has 3 nitrogen and oxygen atoms in total. The van der Waals surface area contributed by atoms with Gasteiger partial charge >= 0.3 is 0 Å². The topological polar surface area (TPSA) is 38.5 Å². The summed E-state index contributed by atoms with van der Waals surface area (Å²) < 4.78 is 6.61. The summed E-state index contributed by atoms with van der Waals surface area (Å²) in [6.45, 7) is 3.83. The highest BCUT2D eigenvalue weighted by atomic mass is 79.9. The Morgan fingerprint density at radius 2 is 2.11 bits per heavy atom. The van der Waals surface area contributed by atoms with Gasteiger partial charge in [-0.2, -0.15) is 0 Å². The Labute approximate surface area is 124 Å². The summed E-state index contributed by atoms with van der Waals surface area (Å²) in [6.07, 6.45) is 2.07. The second kappa shape index (κ2) is 6.84. The largest absolute Gasteiger partial charge is 0.380 e. The van der Waals surface area contributed by atoms with Crippen LogP contribution in [0.5, 0.6) is 0 Å². The molecule has 2 rings (SSSR count). The van der Waals surface area contributed by atoms with Crippen molar-refractivity contribution >= 4 is 15.9 Å². The lowest BCUT2D eigenvalue weighted by molar-refractivity contribution is 0.119. The number of hydrogen-bond acceptors (Lipinski definition) is 3. The number of halogens is 1. The van der Waals surface area contributed by atoms with E-state index in [2.05, 4.69) is 59.1 Å². The van der Waals surface area contributed by atoms with Gasteiger partial charge < -0.3 is 10.5 Å². The van der Waals surface area contributed by atoms with Crippen LogP contribution in [-0.2, 0) is 4.74 Å². The van der Waals surface area contributed by atoms with Gasteiger partial charge in [-0.25, -0.2) is 0 Å². The van der Waals surface area contributed by atoms with Gasteiger partial charge in [0.25, 0.3) is 0 Å². The fourth-order valence-electron chi connectivity index (χ4n) is 2.74. The van der Waals surface area contributed by atoms with E-state index in [1.165, 1.54) is 5.56 Å². The number of rotatable bonds is 5. The van der Waals surface area contributed by atoms with Crippen LogP contribution in [-0.4, -0.2) is 37.2 Å². The first kappa shape index (κ1) is 15.0. The van der Waals surface area contributed by atoms with Crippen molar-refractivity contribution in [3.05, 3.63) is 34.3 Å². The van der Waals surface area contributed by atoms with Gasteiger partial charge in [0.2, 0.25) is 0 Å². The van der Waals surface area contributed by atoms with Gasteiger partial charge in [0, 0.05) is 29.2 Å². The summed E-state index contributed by atoms with van der Waals surface area (Å²) >= 11 is 3.49. The van der Waals surface area contributed by atoms with E-state index in [1.807, 2.05) is 0 Å². The van der Waals surface area contributed by atoms with Gasteiger partial charge in [0.1, 0.15) is 0 Å². The molecule has 2 N–H and O–H groups in total. The summed E-state index contributed by atoms with van der Waals surface area (Å²) in [5.74, 6) is 0. The maximum absolute atomic E-state index is 6.36. The molecular weight excluding hydrogens is 304 g/mol. The number of hydrogen-bond donors (Lipinski definition) is 1. The number of likely N-dealkylation sites (N-methyl/N-ethyl adjacent to an activating group) is 1. The van der Waals surface area contributed by atoms with Crippen LogP contribution in [0.4, 0.5) is 0 Å². The van der Waals surface area contributed by atoms with Crippen molar-refractivity contribution in [2.45, 2.75) is 37.9 Å². The highest BCUT2D eigenvalue weighted by Crippen LogP contribution is 2.29. The average Bonchev–Trinajstić information content (AvgIpc) is 2.95. The lowest BCUT2D eigenvalue weighted by atomic mass is 9.95. The van der Waals surface area contributed by atoms with Crippen LogP contribution < -0.4 is 5.73 Å². The Hall–Kier alpha value is -0.420. The van der Waals surface area contributed by atoms with Gasteiger partial charge in [-0.1, -0.05) is 35.0 Å². The molecule has 1 aromatic carbocycles. The molecule has 1 aliphatic heterocycles. The van der Waals surface area contributed by atoms with Crippen molar-refractivity contribution in [2.24, 2.45) is 5.73 Å². The van der Waals surface area contributed by atoms with Gasteiger partial charge in [-0.15, -0.1) is 0 Å². The maximum Gasteiger partial charge on any atom is 0.0622 e. The monoisotopic (exact) mass is 326 g/mol. The van der Waals surface area contributed by atoms with E-state index in [4.69, 9.17) is 10.5 Å². The molecule has 0 aromatic heterocycles. The third-order valence-corrected chi connectivity index (χ3v) is 4.54. The van der Waals surface area contributed by atoms with Crippen LogP contribution in [0, 0.1) is 0 Å². The lowest BCUT2D eigenvalue weighted by Gasteiger charge is -2.36. The van der Waals surface area contributed by atoms with Crippen LogP contribution in [0.2, 0.25) is 0 Å². The van der Waals surface area contributed by atoms with Crippen LogP contribution in [0.15, 0.2) is 28.7 Å². The minimum Gasteiger partial charge on any atom is -0.380 e. The molecule has 0 spiro atoms. The second-order valence-electron chi connectivity index (χ2n) is 5.25. The summed E-state index contributed by atoms with van der Waals surface area (Å²) in [5.41, 5.74) is 7.65. The molecule has 106 valence electrons. The van der Waals surface area contributed by atoms with Crippen molar-refractivity contribution in [2.75, 3.05) is 20.3 Å². The van der Waals surface area contributed by atoms with Gasteiger partial charge in [0.05, 0.1) is 6.61 Å². The predicted octanol–water partition coefficient (Wildman–Crippen LogP) is 2.95. The van der Waals surface area contributed by atoms with Crippen molar-refractivity contribution < 1.29 is 4.74 Å². The molecule has 0 aliphatic carbocycles. The van der Waals surface area contributed by atoms with Gasteiger partial charge in [0.15, 0.2) is 0 Å². The zero-order valence-electron chi connectivity index (χ0n) is 11.7. The molecular formula is C15H23BrN2O. The third-order valence-electron chi connectivity index (χ3n) is 4.01. The van der Waals surface area contributed by atoms with E-state index in [9.17, 15) is 0 Å². The Balaban J connectivity index is 2.21. The number of ether oxygens (including phenoxy) is 1. The fraction of sp³-hybridized carbons (Fsp3) is 0.600. The Morgan fingerprint density at radius 1 is 1.42 bits per heavy atom. The first-order valence-electron chi connectivity index (χ1n) is 6.94. The molecule has 0 saturated carbocycles. The van der Waals surface area contributed by atoms with Crippen LogP contribution in [0.3, 0.4) is 0 Å². The molecule has 0 amide bonds. The minimum absolute atomic E-state index is 0.145. The highest BCUT2D eigenvalue weighted by molar-refractivity contribution is 9.10. The standard InChI is InChI=1S/C15H23BrN2O/c1-3-14(17)15(11-4-6-12(16)7-5-11)18(2)13-8-9-19-10-13/h4-7,13-15H,3,8-10,17H2,1-2H3. The van der Waals surface area contributed by atoms with Crippen molar-refractivity contribution in [1.29, 1.82) is 0 Å². The lowest BCUT2D eigenvalue weighted by Crippen LogP contribution is -2.44. The molecule has 4 heteroatoms. The van der Waals surface area contributed by atoms with E-state index in [0.29, 0.717) is 6.04 Å². The Morgan fingerprint density at radius 3 is 2.63 bits per heavy atom.